The van der Waals surface area contributed by atoms with Crippen LogP contribution in [0, 0.1) is 27.7 Å². The second kappa shape index (κ2) is 32.5. The molecular formula is C85H90N16O14. The molecule has 12 heterocycles. The van der Waals surface area contributed by atoms with E-state index in [1.165, 1.54) is 27.7 Å². The number of Topliss-reactive ketones (excluding diaryl/α,β-unsaturated/α-hetero) is 6. The summed E-state index contributed by atoms with van der Waals surface area (Å²) >= 11 is 0. The van der Waals surface area contributed by atoms with Crippen molar-refractivity contribution in [1.82, 2.24) is 67.1 Å². The Kier molecular flexibility index (Phi) is 22.6. The fraction of sp³-hybridized carbons (Fsp3) is 0.294. The van der Waals surface area contributed by atoms with Gasteiger partial charge < -0.3 is 75.6 Å². The van der Waals surface area contributed by atoms with Crippen molar-refractivity contribution < 1.29 is 65.5 Å². The molecule has 0 aliphatic rings. The van der Waals surface area contributed by atoms with Crippen LogP contribution < -0.4 is 11.5 Å². The molecule has 0 atom stereocenters. The minimum atomic E-state index is -0.570. The topological polar surface area (TPSA) is 387 Å². The maximum Gasteiger partial charge on any atom is 0.223 e. The number of carbonyl (C=O) groups excluding carboxylic acids is 6. The number of anilines is 2. The number of hydrogen-bond acceptors (Lipinski definition) is 24. The number of aryl methyl sites for hydroxylation is 8. The second-order valence-electron chi connectivity index (χ2n) is 28.6. The quantitative estimate of drug-likeness (QED) is 0.0615. The lowest BCUT2D eigenvalue weighted by atomic mass is 10.2. The number of nitrogens with two attached hydrogens (primary N) is 2. The number of benzene rings is 6. The molecule has 0 aliphatic heterocycles. The number of rotatable bonds is 17. The van der Waals surface area contributed by atoms with Crippen LogP contribution in [0.1, 0.15) is 148 Å². The van der Waals surface area contributed by atoms with Gasteiger partial charge in [0.05, 0.1) is 79.5 Å². The Bertz CT molecular complexity index is 6840. The smallest absolute Gasteiger partial charge is 0.223 e. The fourth-order valence-electron chi connectivity index (χ4n) is 14.3. The molecule has 0 saturated heterocycles. The first-order chi connectivity index (χ1) is 54.9. The number of carbonyl (C=O) groups is 6. The normalized spacial score (nSPS) is 11.6. The predicted molar refractivity (Wildman–Crippen MR) is 442 cm³/mol. The summed E-state index contributed by atoms with van der Waals surface area (Å²) < 4.78 is 45.5. The van der Waals surface area contributed by atoms with Crippen LogP contribution >= 0.6 is 0 Å². The van der Waals surface area contributed by atoms with E-state index in [0.717, 1.165) is 178 Å². The van der Waals surface area contributed by atoms with Crippen LogP contribution in [-0.4, -0.2) is 153 Å². The summed E-state index contributed by atoms with van der Waals surface area (Å²) in [6.07, 6.45) is 1.88. The van der Waals surface area contributed by atoms with Gasteiger partial charge in [-0.05, 0) is 185 Å². The molecule has 0 radical (unpaired) electrons. The average Bonchev–Trinajstić information content (AvgIpc) is 1.66. The SMILES string of the molecule is CC(=O)c1cc2c(ccc3nc(C)n(C)c32)o1.CC(=O)c1cc2c(ccc3nc(C)n(CN(C)C)c32)o1.CCCn1c(N)nc2ccc3oc(C(=O)CO)cc3c21.CCCn1c(N)nc2ccc3oc(C(C)=O)cc3c21.CCn1c(C)nc2ccc3oc(C(C)=O)cc3c21.Cc1nc2ccc3oc(C(=O)CO)cc3c2n1CN(C)C. The molecular weight excluding hydrogens is 1470 g/mol. The number of aliphatic hydroxyl groups excluding tert-OH is 2. The first kappa shape index (κ1) is 79.9. The largest absolute Gasteiger partial charge is 0.453 e. The molecule has 115 heavy (non-hydrogen) atoms. The molecule has 0 unspecified atom stereocenters. The molecule has 18 aromatic rings. The highest BCUT2D eigenvalue weighted by Crippen LogP contribution is 2.36. The van der Waals surface area contributed by atoms with Crippen LogP contribution in [0.5, 0.6) is 0 Å². The fourth-order valence-corrected chi connectivity index (χ4v) is 14.3. The van der Waals surface area contributed by atoms with Gasteiger partial charge in [-0.15, -0.1) is 0 Å². The number of nitrogens with zero attached hydrogens (tertiary/aromatic N) is 14. The minimum Gasteiger partial charge on any atom is -0.453 e. The summed E-state index contributed by atoms with van der Waals surface area (Å²) in [5.41, 5.74) is 27.1. The molecule has 18 rings (SSSR count). The molecule has 30 heteroatoms. The van der Waals surface area contributed by atoms with Crippen LogP contribution in [-0.2, 0) is 40.0 Å². The number of fused-ring (bicyclic) bond motifs is 18. The minimum absolute atomic E-state index is 0.0568. The van der Waals surface area contributed by atoms with Gasteiger partial charge in [-0.3, -0.25) is 38.6 Å². The Morgan fingerprint density at radius 3 is 0.878 bits per heavy atom. The van der Waals surface area contributed by atoms with Crippen molar-refractivity contribution in [3.8, 4) is 0 Å². The Hall–Kier alpha value is -13.2. The summed E-state index contributed by atoms with van der Waals surface area (Å²) in [5.74, 6) is 5.47. The Morgan fingerprint density at radius 2 is 0.600 bits per heavy atom. The highest BCUT2D eigenvalue weighted by Gasteiger charge is 2.24. The third-order valence-corrected chi connectivity index (χ3v) is 19.7. The van der Waals surface area contributed by atoms with E-state index in [9.17, 15) is 28.8 Å². The maximum atomic E-state index is 11.6. The molecule has 0 amide bonds. The molecule has 12 aromatic heterocycles. The number of imidazole rings is 6. The lowest BCUT2D eigenvalue weighted by molar-refractivity contribution is 0.0873. The van der Waals surface area contributed by atoms with E-state index >= 15 is 0 Å². The van der Waals surface area contributed by atoms with Crippen LogP contribution in [0.3, 0.4) is 0 Å². The zero-order valence-corrected chi connectivity index (χ0v) is 67.0. The highest BCUT2D eigenvalue weighted by molar-refractivity contribution is 6.12. The highest BCUT2D eigenvalue weighted by atomic mass is 16.4. The van der Waals surface area contributed by atoms with Crippen molar-refractivity contribution in [2.45, 2.75) is 122 Å². The molecule has 0 fully saturated rings. The zero-order valence-electron chi connectivity index (χ0n) is 67.0. The average molecular weight is 1560 g/mol. The van der Waals surface area contributed by atoms with Crippen molar-refractivity contribution in [2.24, 2.45) is 7.05 Å². The van der Waals surface area contributed by atoms with E-state index in [4.69, 9.17) is 48.2 Å². The van der Waals surface area contributed by atoms with Crippen LogP contribution in [0.15, 0.2) is 136 Å². The van der Waals surface area contributed by atoms with Gasteiger partial charge in [0.15, 0.2) is 57.7 Å². The number of furan rings is 6. The van der Waals surface area contributed by atoms with Crippen molar-refractivity contribution >= 4 is 179 Å². The van der Waals surface area contributed by atoms with E-state index < -0.39 is 24.8 Å². The summed E-state index contributed by atoms with van der Waals surface area (Å²) in [5, 5.41) is 23.2. The van der Waals surface area contributed by atoms with E-state index in [-0.39, 0.29) is 34.7 Å². The first-order valence-corrected chi connectivity index (χ1v) is 37.5. The van der Waals surface area contributed by atoms with E-state index in [0.29, 0.717) is 58.4 Å². The lowest BCUT2D eigenvalue weighted by Gasteiger charge is -2.13. The standard InChI is InChI=1S/C15H17N3O3.C15H17N3O2.C14H15N3O3.C14H15N3O2.C14H14N2O2.C13H12N2O2/c1-9-16-11-4-5-13-10(6-14(21-13)12(20)7-19)15(11)18(9)8-17(2)3;1-9(19)14-7-11-13(20-14)6-5-12-15(11)18(8-17(3)4)10(2)16-12;1-2-5-17-13-8-6-12(10(19)7-18)20-11(8)4-3-9(13)16-14(17)15;1-3-6-17-13-9-7-12(8(2)18)19-11(9)5-4-10(13)16-14(17)15;1-4-16-9(3)15-11-5-6-12-10(14(11)16)7-13(18-12)8(2)17;1-7(16)12-6-9-11(17-12)5-4-10-13(9)15(3)8(2)14-10/h4-6,19H,7-8H2,1-3H3;5-7H,8H2,1-4H3;3-4,6,18H,2,5,7H2,1H3,(H2,15,16);4-5,7H,3,6H2,1-2H3,(H2,15,16);5-7H,4H2,1-3H3;4-6H,1-3H3. The third kappa shape index (κ3) is 15.4. The molecule has 0 aliphatic carbocycles. The van der Waals surface area contributed by atoms with E-state index in [2.05, 4.69) is 69.3 Å². The monoisotopic (exact) mass is 1560 g/mol. The van der Waals surface area contributed by atoms with Gasteiger partial charge in [0.2, 0.25) is 23.5 Å². The summed E-state index contributed by atoms with van der Waals surface area (Å²) in [6.45, 7) is 22.8. The maximum absolute atomic E-state index is 11.6. The van der Waals surface area contributed by atoms with Gasteiger partial charge in [-0.1, -0.05) is 13.8 Å². The molecule has 6 aromatic carbocycles. The van der Waals surface area contributed by atoms with Gasteiger partial charge in [0, 0.05) is 86.7 Å². The van der Waals surface area contributed by atoms with Gasteiger partial charge in [0.25, 0.3) is 0 Å². The first-order valence-electron chi connectivity index (χ1n) is 37.5. The Labute approximate surface area is 657 Å². The van der Waals surface area contributed by atoms with Crippen LogP contribution in [0.2, 0.25) is 0 Å². The van der Waals surface area contributed by atoms with Crippen molar-refractivity contribution in [3.05, 3.63) is 167 Å². The zero-order chi connectivity index (χ0) is 82.4. The van der Waals surface area contributed by atoms with Crippen molar-refractivity contribution in [2.75, 3.05) is 52.9 Å². The van der Waals surface area contributed by atoms with Crippen molar-refractivity contribution in [3.63, 3.8) is 0 Å². The summed E-state index contributed by atoms with van der Waals surface area (Å²) in [6, 6.07) is 32.9. The molecule has 30 nitrogen and oxygen atoms in total. The molecule has 6 N–H and O–H groups in total. The summed E-state index contributed by atoms with van der Waals surface area (Å²) in [7, 11) is 9.97. The Balaban J connectivity index is 0.000000120. The number of aliphatic hydroxyl groups is 2. The summed E-state index contributed by atoms with van der Waals surface area (Å²) in [4.78, 5) is 99.7. The molecule has 0 saturated carbocycles. The van der Waals surface area contributed by atoms with Crippen LogP contribution in [0.4, 0.5) is 11.9 Å². The van der Waals surface area contributed by atoms with Crippen molar-refractivity contribution in [1.29, 1.82) is 0 Å². The molecule has 594 valence electrons. The number of hydrogen-bond donors (Lipinski definition) is 4. The number of aromatic nitrogens is 12. The van der Waals surface area contributed by atoms with Gasteiger partial charge >= 0.3 is 0 Å². The van der Waals surface area contributed by atoms with Gasteiger partial charge in [-0.25, -0.2) is 29.9 Å². The van der Waals surface area contributed by atoms with Gasteiger partial charge in [0.1, 0.15) is 70.0 Å². The molecule has 0 spiro atoms. The lowest BCUT2D eigenvalue weighted by Crippen LogP contribution is -2.17. The van der Waals surface area contributed by atoms with E-state index in [1.54, 1.807) is 36.4 Å². The Morgan fingerprint density at radius 1 is 0.357 bits per heavy atom. The predicted octanol–water partition coefficient (Wildman–Crippen LogP) is 15.7. The van der Waals surface area contributed by atoms with Crippen LogP contribution in [0.25, 0.3) is 132 Å². The number of nitrogen functional groups attached to an aromatic ring is 2. The molecule has 0 bridgehead atoms. The third-order valence-electron chi connectivity index (χ3n) is 19.7. The second-order valence-corrected chi connectivity index (χ2v) is 28.6. The van der Waals surface area contributed by atoms with Gasteiger partial charge in [-0.2, -0.15) is 0 Å². The van der Waals surface area contributed by atoms with E-state index in [1.807, 2.05) is 154 Å². The number of ketones is 6.